The van der Waals surface area contributed by atoms with Crippen LogP contribution in [0.15, 0.2) is 36.5 Å². The molecule has 1 aromatic heterocycles. The van der Waals surface area contributed by atoms with Crippen LogP contribution in [0.3, 0.4) is 0 Å². The van der Waals surface area contributed by atoms with Gasteiger partial charge in [-0.3, -0.25) is 19.2 Å². The number of methoxy groups -OCH3 is 3. The van der Waals surface area contributed by atoms with Gasteiger partial charge >= 0.3 is 5.97 Å². The third-order valence-electron chi connectivity index (χ3n) is 6.06. The first-order valence-electron chi connectivity index (χ1n) is 13.1. The zero-order chi connectivity index (χ0) is 32.0. The summed E-state index contributed by atoms with van der Waals surface area (Å²) in [6.07, 6.45) is 1.49. The third-order valence-corrected chi connectivity index (χ3v) is 8.43. The number of ether oxygens (including phenoxy) is 4. The second-order valence-corrected chi connectivity index (χ2v) is 11.6. The summed E-state index contributed by atoms with van der Waals surface area (Å²) in [7, 11) is 4.05. The Morgan fingerprint density at radius 1 is 0.907 bits per heavy atom. The third kappa shape index (κ3) is 11.2. The van der Waals surface area contributed by atoms with Crippen LogP contribution in [0.25, 0.3) is 0 Å². The molecule has 2 aromatic rings. The number of nitrogens with zero attached hydrogens (tertiary/aromatic N) is 1. The summed E-state index contributed by atoms with van der Waals surface area (Å²) in [6, 6.07) is 5.47. The molecule has 3 N–H and O–H groups in total. The van der Waals surface area contributed by atoms with Gasteiger partial charge in [-0.1, -0.05) is 52.9 Å². The van der Waals surface area contributed by atoms with E-state index in [4.69, 9.17) is 18.9 Å². The lowest BCUT2D eigenvalue weighted by Crippen LogP contribution is -2.60. The average molecular weight is 733 g/mol. The maximum atomic E-state index is 13.8. The molecule has 3 amide bonds. The summed E-state index contributed by atoms with van der Waals surface area (Å²) >= 11 is 3.10. The standard InChI is InChI=1S/C28H37IN4O9S/c1-17-30-12-22(43-17)27(38)33-21(14-40-4)26(37)32-20(13-39-3)25(36)31-19(11-18-9-7-6-8-10-18)24(35)28(2,16-29)42-23(34)15-41-5/h6-10,12,19-21H,11,13-16H2,1-5H3,(H,31,36)(H,32,37)(H,33,38)/t19-,20-,21-,28+/m0/s1. The van der Waals surface area contributed by atoms with Crippen LogP contribution in [0, 0.1) is 6.92 Å². The number of halogens is 1. The molecule has 4 atom stereocenters. The van der Waals surface area contributed by atoms with Crippen molar-refractivity contribution in [1.29, 1.82) is 0 Å². The van der Waals surface area contributed by atoms with E-state index in [9.17, 15) is 24.0 Å². The normalized spacial score (nSPS) is 14.5. The number of carbonyl (C=O) groups is 5. The van der Waals surface area contributed by atoms with E-state index in [1.165, 1.54) is 34.4 Å². The highest BCUT2D eigenvalue weighted by Gasteiger charge is 2.42. The lowest BCUT2D eigenvalue weighted by molar-refractivity contribution is -0.167. The number of thiazole rings is 1. The number of aromatic nitrogens is 1. The SMILES string of the molecule is COCC(=O)O[C@](C)(CI)C(=O)[C@H](Cc1ccccc1)NC(=O)[C@H](COC)NC(=O)[C@H](COC)NC(=O)c1cnc(C)s1. The van der Waals surface area contributed by atoms with Crippen molar-refractivity contribution in [1.82, 2.24) is 20.9 Å². The number of alkyl halides is 1. The van der Waals surface area contributed by atoms with Crippen LogP contribution in [0.5, 0.6) is 0 Å². The molecule has 236 valence electrons. The van der Waals surface area contributed by atoms with Crippen molar-refractivity contribution in [2.24, 2.45) is 0 Å². The Kier molecular flexibility index (Phi) is 15.1. The lowest BCUT2D eigenvalue weighted by Gasteiger charge is -2.31. The van der Waals surface area contributed by atoms with Gasteiger partial charge in [-0.15, -0.1) is 11.3 Å². The Morgan fingerprint density at radius 2 is 1.49 bits per heavy atom. The quantitative estimate of drug-likeness (QED) is 0.114. The summed E-state index contributed by atoms with van der Waals surface area (Å²) < 4.78 is 20.7. The lowest BCUT2D eigenvalue weighted by atomic mass is 9.92. The minimum Gasteiger partial charge on any atom is -0.449 e. The van der Waals surface area contributed by atoms with Gasteiger partial charge in [0.05, 0.1) is 30.5 Å². The molecule has 0 aliphatic rings. The van der Waals surface area contributed by atoms with Crippen molar-refractivity contribution < 1.29 is 42.9 Å². The summed E-state index contributed by atoms with van der Waals surface area (Å²) in [5.41, 5.74) is -0.833. The molecule has 0 saturated carbocycles. The number of aryl methyl sites for hydroxylation is 1. The maximum absolute atomic E-state index is 13.8. The minimum atomic E-state index is -1.58. The number of ketones is 1. The van der Waals surface area contributed by atoms with Gasteiger partial charge < -0.3 is 34.9 Å². The Hall–Kier alpha value is -2.99. The highest BCUT2D eigenvalue weighted by molar-refractivity contribution is 14.1. The summed E-state index contributed by atoms with van der Waals surface area (Å²) in [6.45, 7) is 2.46. The number of hydrogen-bond donors (Lipinski definition) is 3. The summed E-state index contributed by atoms with van der Waals surface area (Å²) in [4.78, 5) is 69.8. The largest absolute Gasteiger partial charge is 0.449 e. The van der Waals surface area contributed by atoms with Crippen molar-refractivity contribution in [3.8, 4) is 0 Å². The van der Waals surface area contributed by atoms with Gasteiger partial charge in [-0.05, 0) is 25.8 Å². The van der Waals surface area contributed by atoms with Crippen molar-refractivity contribution in [3.05, 3.63) is 52.0 Å². The zero-order valence-corrected chi connectivity index (χ0v) is 27.6. The fourth-order valence-electron chi connectivity index (χ4n) is 3.91. The van der Waals surface area contributed by atoms with E-state index in [0.29, 0.717) is 9.88 Å². The van der Waals surface area contributed by atoms with Gasteiger partial charge in [-0.2, -0.15) is 0 Å². The van der Waals surface area contributed by atoms with E-state index in [0.717, 1.165) is 16.9 Å². The Labute approximate surface area is 267 Å². The smallest absolute Gasteiger partial charge is 0.333 e. The summed E-state index contributed by atoms with van der Waals surface area (Å²) in [5.74, 6) is -3.22. The van der Waals surface area contributed by atoms with Crippen molar-refractivity contribution in [2.45, 2.75) is 44.0 Å². The van der Waals surface area contributed by atoms with Crippen LogP contribution < -0.4 is 16.0 Å². The molecule has 1 heterocycles. The molecule has 0 bridgehead atoms. The molecule has 0 aliphatic carbocycles. The predicted octanol–water partition coefficient (Wildman–Crippen LogP) is 1.01. The second-order valence-electron chi connectivity index (χ2n) is 9.63. The van der Waals surface area contributed by atoms with Gasteiger partial charge in [0.2, 0.25) is 11.8 Å². The molecule has 1 aromatic carbocycles. The molecule has 13 nitrogen and oxygen atoms in total. The molecule has 0 fully saturated rings. The first kappa shape index (κ1) is 36.2. The van der Waals surface area contributed by atoms with E-state index in [1.807, 2.05) is 28.7 Å². The molecule has 0 aliphatic heterocycles. The summed E-state index contributed by atoms with van der Waals surface area (Å²) in [5, 5.41) is 8.56. The molecule has 0 spiro atoms. The minimum absolute atomic E-state index is 0.0870. The zero-order valence-electron chi connectivity index (χ0n) is 24.6. The van der Waals surface area contributed by atoms with Gasteiger partial charge in [0.1, 0.15) is 23.6 Å². The Bertz CT molecular complexity index is 1250. The molecular weight excluding hydrogens is 695 g/mol. The topological polar surface area (TPSA) is 171 Å². The predicted molar refractivity (Wildman–Crippen MR) is 166 cm³/mol. The molecule has 15 heteroatoms. The number of benzene rings is 1. The fraction of sp³-hybridized carbons (Fsp3) is 0.500. The van der Waals surface area contributed by atoms with E-state index in [1.54, 1.807) is 31.2 Å². The first-order valence-corrected chi connectivity index (χ1v) is 15.5. The number of esters is 1. The van der Waals surface area contributed by atoms with Crippen molar-refractivity contribution >= 4 is 63.4 Å². The number of nitrogens with one attached hydrogen (secondary N) is 3. The highest BCUT2D eigenvalue weighted by atomic mass is 127. The van der Waals surface area contributed by atoms with Crippen LogP contribution in [-0.2, 0) is 44.5 Å². The van der Waals surface area contributed by atoms with Crippen LogP contribution in [0.2, 0.25) is 0 Å². The number of carbonyl (C=O) groups excluding carboxylic acids is 5. The number of Topliss-reactive ketones (excluding diaryl/α,β-unsaturated/α-hetero) is 1. The van der Waals surface area contributed by atoms with Gasteiger partial charge in [0, 0.05) is 25.8 Å². The molecule has 0 radical (unpaired) electrons. The monoisotopic (exact) mass is 732 g/mol. The molecule has 2 rings (SSSR count). The average Bonchev–Trinajstić information content (AvgIpc) is 3.42. The van der Waals surface area contributed by atoms with Gasteiger partial charge in [-0.25, -0.2) is 9.78 Å². The number of hydrogen-bond acceptors (Lipinski definition) is 11. The highest BCUT2D eigenvalue weighted by Crippen LogP contribution is 2.20. The van der Waals surface area contributed by atoms with Gasteiger partial charge in [0.25, 0.3) is 5.91 Å². The van der Waals surface area contributed by atoms with E-state index in [-0.39, 0.29) is 30.7 Å². The maximum Gasteiger partial charge on any atom is 0.333 e. The van der Waals surface area contributed by atoms with E-state index >= 15 is 0 Å². The number of amides is 3. The van der Waals surface area contributed by atoms with Crippen LogP contribution >= 0.6 is 33.9 Å². The van der Waals surface area contributed by atoms with Gasteiger partial charge in [0.15, 0.2) is 11.4 Å². The van der Waals surface area contributed by atoms with Crippen LogP contribution in [0.4, 0.5) is 0 Å². The van der Waals surface area contributed by atoms with Crippen molar-refractivity contribution in [2.75, 3.05) is 45.6 Å². The van der Waals surface area contributed by atoms with Crippen molar-refractivity contribution in [3.63, 3.8) is 0 Å². The fourth-order valence-corrected chi connectivity index (χ4v) is 5.12. The molecular formula is C28H37IN4O9S. The molecule has 43 heavy (non-hydrogen) atoms. The Morgan fingerprint density at radius 3 is 2.00 bits per heavy atom. The van der Waals surface area contributed by atoms with E-state index in [2.05, 4.69) is 20.9 Å². The van der Waals surface area contributed by atoms with Crippen LogP contribution in [0.1, 0.15) is 27.2 Å². The Balaban J connectivity index is 2.27. The van der Waals surface area contributed by atoms with Crippen LogP contribution in [-0.4, -0.2) is 104 Å². The second kappa shape index (κ2) is 18.0. The number of rotatable bonds is 18. The van der Waals surface area contributed by atoms with E-state index < -0.39 is 53.2 Å². The molecule has 0 saturated heterocycles. The molecule has 0 unspecified atom stereocenters. The first-order chi connectivity index (χ1) is 20.5.